The molecule has 0 aliphatic rings. The molecule has 1 heterocycles. The predicted molar refractivity (Wildman–Crippen MR) is 164 cm³/mol. The number of hydrogen-bond donors (Lipinski definition) is 2. The normalized spacial score (nSPS) is 11.5. The van der Waals surface area contributed by atoms with Crippen molar-refractivity contribution >= 4 is 79.5 Å². The van der Waals surface area contributed by atoms with Gasteiger partial charge in [0.25, 0.3) is 0 Å². The second-order valence-electron chi connectivity index (χ2n) is 8.41. The van der Waals surface area contributed by atoms with Gasteiger partial charge in [0.05, 0.1) is 31.0 Å². The molecule has 0 fully saturated rings. The highest BCUT2D eigenvalue weighted by Gasteiger charge is 2.30. The Hall–Kier alpha value is -2.72. The third-order valence-corrected chi connectivity index (χ3v) is 7.63. The molecular formula is C27H21F3I2N4O2S. The summed E-state index contributed by atoms with van der Waals surface area (Å²) < 4.78 is 46.6. The number of benzene rings is 3. The number of nitrogens with zero attached hydrogens (tertiary/aromatic N) is 2. The number of hydrazone groups is 1. The fourth-order valence-corrected chi connectivity index (χ4v) is 6.33. The summed E-state index contributed by atoms with van der Waals surface area (Å²) in [7, 11) is 0. The number of thiazole rings is 1. The second-order valence-corrected chi connectivity index (χ2v) is 11.6. The SMILES string of the molecule is Cc1cccc(COc2c(I)cc(/C=N\NC(=O)Cc3csc(Nc4cccc(C(F)(F)F)c4)n3)cc2I)c1. The number of aryl methyl sites for hydroxylation is 1. The highest BCUT2D eigenvalue weighted by Crippen LogP contribution is 2.32. The van der Waals surface area contributed by atoms with E-state index in [2.05, 4.69) is 72.1 Å². The molecule has 12 heteroatoms. The Morgan fingerprint density at radius 1 is 1.10 bits per heavy atom. The Labute approximate surface area is 254 Å². The minimum atomic E-state index is -4.43. The summed E-state index contributed by atoms with van der Waals surface area (Å²) in [5.41, 5.74) is 5.53. The number of amides is 1. The fourth-order valence-electron chi connectivity index (χ4n) is 3.47. The summed E-state index contributed by atoms with van der Waals surface area (Å²) in [5, 5.41) is 8.94. The maximum atomic E-state index is 12.9. The first kappa shape index (κ1) is 29.3. The monoisotopic (exact) mass is 776 g/mol. The van der Waals surface area contributed by atoms with Crippen molar-refractivity contribution in [3.05, 3.63) is 101 Å². The van der Waals surface area contributed by atoms with E-state index in [0.29, 0.717) is 17.4 Å². The molecule has 0 spiro atoms. The lowest BCUT2D eigenvalue weighted by Crippen LogP contribution is -2.20. The van der Waals surface area contributed by atoms with Gasteiger partial charge in [0, 0.05) is 11.1 Å². The van der Waals surface area contributed by atoms with Crippen molar-refractivity contribution in [2.45, 2.75) is 26.1 Å². The molecule has 0 aliphatic carbocycles. The lowest BCUT2D eigenvalue weighted by Gasteiger charge is -2.12. The van der Waals surface area contributed by atoms with Crippen LogP contribution < -0.4 is 15.5 Å². The Kier molecular flexibility index (Phi) is 9.82. The summed E-state index contributed by atoms with van der Waals surface area (Å²) in [5.74, 6) is 0.418. The number of hydrogen-bond acceptors (Lipinski definition) is 6. The summed E-state index contributed by atoms with van der Waals surface area (Å²) in [6, 6.07) is 16.8. The van der Waals surface area contributed by atoms with Crippen molar-refractivity contribution < 1.29 is 22.7 Å². The van der Waals surface area contributed by atoms with Crippen LogP contribution in [0.2, 0.25) is 0 Å². The van der Waals surface area contributed by atoms with Gasteiger partial charge in [-0.1, -0.05) is 35.9 Å². The third kappa shape index (κ3) is 8.63. The summed E-state index contributed by atoms with van der Waals surface area (Å²) in [4.78, 5) is 16.6. The van der Waals surface area contributed by atoms with Gasteiger partial charge in [0.15, 0.2) is 5.13 Å². The van der Waals surface area contributed by atoms with Crippen LogP contribution in [0.5, 0.6) is 5.75 Å². The van der Waals surface area contributed by atoms with E-state index in [4.69, 9.17) is 4.74 Å². The van der Waals surface area contributed by atoms with Crippen LogP contribution in [0.3, 0.4) is 0 Å². The quantitative estimate of drug-likeness (QED) is 0.104. The van der Waals surface area contributed by atoms with Crippen molar-refractivity contribution in [3.63, 3.8) is 0 Å². The molecule has 39 heavy (non-hydrogen) atoms. The smallest absolute Gasteiger partial charge is 0.416 e. The van der Waals surface area contributed by atoms with Gasteiger partial charge in [-0.15, -0.1) is 11.3 Å². The first-order valence-corrected chi connectivity index (χ1v) is 14.5. The van der Waals surface area contributed by atoms with E-state index in [1.54, 1.807) is 11.6 Å². The minimum Gasteiger partial charge on any atom is -0.487 e. The van der Waals surface area contributed by atoms with E-state index in [9.17, 15) is 18.0 Å². The van der Waals surface area contributed by atoms with Crippen LogP contribution >= 0.6 is 56.5 Å². The maximum Gasteiger partial charge on any atom is 0.416 e. The number of rotatable bonds is 9. The summed E-state index contributed by atoms with van der Waals surface area (Å²) >= 11 is 5.61. The highest BCUT2D eigenvalue weighted by molar-refractivity contribution is 14.1. The molecule has 4 aromatic rings. The van der Waals surface area contributed by atoms with Crippen molar-refractivity contribution in [2.24, 2.45) is 5.10 Å². The van der Waals surface area contributed by atoms with Crippen LogP contribution in [-0.2, 0) is 24.0 Å². The first-order valence-electron chi connectivity index (χ1n) is 11.4. The lowest BCUT2D eigenvalue weighted by molar-refractivity contribution is -0.137. The van der Waals surface area contributed by atoms with Crippen LogP contribution in [0, 0.1) is 14.1 Å². The molecule has 1 aromatic heterocycles. The number of ether oxygens (including phenoxy) is 1. The molecule has 2 N–H and O–H groups in total. The summed E-state index contributed by atoms with van der Waals surface area (Å²) in [6.45, 7) is 2.50. The van der Waals surface area contributed by atoms with Gasteiger partial charge in [-0.3, -0.25) is 4.79 Å². The topological polar surface area (TPSA) is 75.6 Å². The van der Waals surface area contributed by atoms with Gasteiger partial charge in [-0.05, 0) is 93.6 Å². The molecule has 0 bridgehead atoms. The second kappa shape index (κ2) is 13.1. The van der Waals surface area contributed by atoms with Gasteiger partial charge in [-0.2, -0.15) is 18.3 Å². The van der Waals surface area contributed by atoms with Crippen molar-refractivity contribution in [3.8, 4) is 5.75 Å². The van der Waals surface area contributed by atoms with E-state index in [1.165, 1.54) is 29.0 Å². The van der Waals surface area contributed by atoms with Crippen LogP contribution in [0.4, 0.5) is 24.0 Å². The molecule has 0 aliphatic heterocycles. The Morgan fingerprint density at radius 2 is 1.85 bits per heavy atom. The average Bonchev–Trinajstić information content (AvgIpc) is 3.29. The van der Waals surface area contributed by atoms with E-state index in [1.807, 2.05) is 37.3 Å². The van der Waals surface area contributed by atoms with Gasteiger partial charge in [0.1, 0.15) is 12.4 Å². The predicted octanol–water partition coefficient (Wildman–Crippen LogP) is 7.69. The number of aromatic nitrogens is 1. The Bertz CT molecular complexity index is 1490. The zero-order valence-corrected chi connectivity index (χ0v) is 25.5. The van der Waals surface area contributed by atoms with Crippen LogP contribution in [-0.4, -0.2) is 17.1 Å². The van der Waals surface area contributed by atoms with Gasteiger partial charge in [0.2, 0.25) is 5.91 Å². The van der Waals surface area contributed by atoms with Crippen molar-refractivity contribution in [1.82, 2.24) is 10.4 Å². The number of carbonyl (C=O) groups is 1. The standard InChI is InChI=1S/C27H21F3I2N4O2S/c1-16-4-2-5-17(8-16)14-38-25-22(31)9-18(10-23(25)32)13-33-36-24(37)12-21-15-39-26(35-21)34-20-7-3-6-19(11-20)27(28,29)30/h2-11,13,15H,12,14H2,1H3,(H,34,35)(H,36,37)/b33-13-. The van der Waals surface area contributed by atoms with Crippen molar-refractivity contribution in [1.29, 1.82) is 0 Å². The molecule has 3 aromatic carbocycles. The molecule has 0 saturated heterocycles. The van der Waals surface area contributed by atoms with Crippen molar-refractivity contribution in [2.75, 3.05) is 5.32 Å². The van der Waals surface area contributed by atoms with E-state index in [0.717, 1.165) is 36.1 Å². The number of nitrogens with one attached hydrogen (secondary N) is 2. The third-order valence-electron chi connectivity index (χ3n) is 5.22. The van der Waals surface area contributed by atoms with E-state index >= 15 is 0 Å². The highest BCUT2D eigenvalue weighted by atomic mass is 127. The van der Waals surface area contributed by atoms with Gasteiger partial charge >= 0.3 is 6.18 Å². The minimum absolute atomic E-state index is 0.0289. The van der Waals surface area contributed by atoms with E-state index in [-0.39, 0.29) is 18.0 Å². The van der Waals surface area contributed by atoms with Gasteiger partial charge in [-0.25, -0.2) is 10.4 Å². The van der Waals surface area contributed by atoms with Crippen LogP contribution in [0.1, 0.15) is 27.9 Å². The van der Waals surface area contributed by atoms with E-state index < -0.39 is 11.7 Å². The first-order chi connectivity index (χ1) is 18.6. The number of halogens is 5. The Morgan fingerprint density at radius 3 is 2.56 bits per heavy atom. The Balaban J connectivity index is 1.30. The largest absolute Gasteiger partial charge is 0.487 e. The molecule has 0 atom stereocenters. The molecule has 202 valence electrons. The zero-order chi connectivity index (χ0) is 28.0. The maximum absolute atomic E-state index is 12.9. The molecule has 0 saturated carbocycles. The molecular weight excluding hydrogens is 755 g/mol. The molecule has 4 rings (SSSR count). The fraction of sp³-hybridized carbons (Fsp3) is 0.148. The van der Waals surface area contributed by atoms with Gasteiger partial charge < -0.3 is 10.1 Å². The van der Waals surface area contributed by atoms with Crippen LogP contribution in [0.25, 0.3) is 0 Å². The molecule has 1 amide bonds. The lowest BCUT2D eigenvalue weighted by atomic mass is 10.1. The number of alkyl halides is 3. The molecule has 0 radical (unpaired) electrons. The zero-order valence-electron chi connectivity index (χ0n) is 20.4. The molecule has 6 nitrogen and oxygen atoms in total. The number of carbonyl (C=O) groups excluding carboxylic acids is 1. The average molecular weight is 776 g/mol. The molecule has 0 unspecified atom stereocenters. The number of anilines is 2. The summed E-state index contributed by atoms with van der Waals surface area (Å²) in [6.07, 6.45) is -2.91. The van der Waals surface area contributed by atoms with Crippen LogP contribution in [0.15, 0.2) is 71.1 Å².